The second-order valence-electron chi connectivity index (χ2n) is 5.07. The Balaban J connectivity index is 2.08. The normalized spacial score (nSPS) is 20.8. The first-order chi connectivity index (χ1) is 8.97. The van der Waals surface area contributed by atoms with E-state index in [0.29, 0.717) is 18.9 Å². The average Bonchev–Trinajstić information content (AvgIpc) is 2.74. The number of aromatic nitrogens is 1. The fraction of sp³-hybridized carbons (Fsp3) is 0.615. The first kappa shape index (κ1) is 14.4. The van der Waals surface area contributed by atoms with Crippen LogP contribution < -0.4 is 0 Å². The van der Waals surface area contributed by atoms with Crippen LogP contribution >= 0.6 is 0 Å². The summed E-state index contributed by atoms with van der Waals surface area (Å²) in [6, 6.07) is 4.38. The highest BCUT2D eigenvalue weighted by atomic mass is 32.2. The van der Waals surface area contributed by atoms with Gasteiger partial charge >= 0.3 is 0 Å². The van der Waals surface area contributed by atoms with Gasteiger partial charge in [0.05, 0.1) is 5.75 Å². The van der Waals surface area contributed by atoms with E-state index in [2.05, 4.69) is 23.0 Å². The van der Waals surface area contributed by atoms with Crippen molar-refractivity contribution in [1.82, 2.24) is 9.88 Å². The minimum Gasteiger partial charge on any atom is -0.299 e. The summed E-state index contributed by atoms with van der Waals surface area (Å²) in [6.07, 6.45) is 5.02. The molecule has 1 saturated heterocycles. The molecular weight excluding hydrogens is 264 g/mol. The van der Waals surface area contributed by atoms with Crippen molar-refractivity contribution in [2.24, 2.45) is 0 Å². The monoisotopic (exact) mass is 284 g/mol. The van der Waals surface area contributed by atoms with E-state index in [-0.39, 0.29) is 5.75 Å². The SMILES string of the molecule is CN1CCC[C@H]1c1cccnc1CCCS(=O)(=O)O. The molecule has 1 atom stereocenters. The van der Waals surface area contributed by atoms with Gasteiger partial charge in [0.1, 0.15) is 0 Å². The van der Waals surface area contributed by atoms with Crippen LogP contribution in [-0.4, -0.2) is 42.2 Å². The predicted molar refractivity (Wildman–Crippen MR) is 73.6 cm³/mol. The van der Waals surface area contributed by atoms with Crippen LogP contribution in [0.15, 0.2) is 18.3 Å². The summed E-state index contributed by atoms with van der Waals surface area (Å²) < 4.78 is 30.2. The zero-order valence-corrected chi connectivity index (χ0v) is 11.9. The van der Waals surface area contributed by atoms with Crippen LogP contribution in [0.25, 0.3) is 0 Å². The van der Waals surface area contributed by atoms with Crippen molar-refractivity contribution in [3.8, 4) is 0 Å². The van der Waals surface area contributed by atoms with Gasteiger partial charge in [-0.05, 0) is 50.9 Å². The molecule has 0 amide bonds. The molecule has 1 aromatic heterocycles. The smallest absolute Gasteiger partial charge is 0.264 e. The molecule has 1 N–H and O–H groups in total. The Labute approximate surface area is 114 Å². The average molecular weight is 284 g/mol. The van der Waals surface area contributed by atoms with Crippen LogP contribution in [0.5, 0.6) is 0 Å². The van der Waals surface area contributed by atoms with Crippen LogP contribution in [0.1, 0.15) is 36.6 Å². The Bertz CT molecular complexity index is 530. The van der Waals surface area contributed by atoms with Gasteiger partial charge in [-0.2, -0.15) is 8.42 Å². The lowest BCUT2D eigenvalue weighted by Crippen LogP contribution is -2.19. The number of aryl methyl sites for hydroxylation is 1. The van der Waals surface area contributed by atoms with E-state index >= 15 is 0 Å². The minimum absolute atomic E-state index is 0.205. The van der Waals surface area contributed by atoms with Crippen molar-refractivity contribution in [2.75, 3.05) is 19.3 Å². The predicted octanol–water partition coefficient (Wildman–Crippen LogP) is 1.67. The number of nitrogens with zero attached hydrogens (tertiary/aromatic N) is 2. The van der Waals surface area contributed by atoms with Gasteiger partial charge in [-0.25, -0.2) is 0 Å². The summed E-state index contributed by atoms with van der Waals surface area (Å²) in [7, 11) is -1.77. The molecule has 0 aromatic carbocycles. The molecule has 1 aromatic rings. The van der Waals surface area contributed by atoms with Gasteiger partial charge in [-0.15, -0.1) is 0 Å². The van der Waals surface area contributed by atoms with Gasteiger partial charge in [0.15, 0.2) is 0 Å². The van der Waals surface area contributed by atoms with Gasteiger partial charge in [0, 0.05) is 17.9 Å². The molecule has 0 aliphatic carbocycles. The molecule has 0 unspecified atom stereocenters. The summed E-state index contributed by atoms with van der Waals surface area (Å²) in [6.45, 7) is 1.09. The van der Waals surface area contributed by atoms with Crippen molar-refractivity contribution >= 4 is 10.1 Å². The molecule has 0 radical (unpaired) electrons. The molecule has 1 aliphatic rings. The summed E-state index contributed by atoms with van der Waals surface area (Å²) in [5, 5.41) is 0. The Morgan fingerprint density at radius 2 is 2.32 bits per heavy atom. The zero-order chi connectivity index (χ0) is 13.9. The first-order valence-corrected chi connectivity index (χ1v) is 8.17. The molecule has 0 bridgehead atoms. The molecule has 5 nitrogen and oxygen atoms in total. The molecule has 106 valence electrons. The summed E-state index contributed by atoms with van der Waals surface area (Å²) in [4.78, 5) is 6.68. The van der Waals surface area contributed by atoms with E-state index in [1.165, 1.54) is 12.0 Å². The third-order valence-corrected chi connectivity index (χ3v) is 4.43. The Hall–Kier alpha value is -0.980. The van der Waals surface area contributed by atoms with E-state index in [9.17, 15) is 8.42 Å². The molecule has 0 saturated carbocycles. The third kappa shape index (κ3) is 3.99. The lowest BCUT2D eigenvalue weighted by Gasteiger charge is -2.21. The maximum absolute atomic E-state index is 10.7. The summed E-state index contributed by atoms with van der Waals surface area (Å²) >= 11 is 0. The van der Waals surface area contributed by atoms with Crippen LogP contribution in [0.4, 0.5) is 0 Å². The minimum atomic E-state index is -3.88. The van der Waals surface area contributed by atoms with Crippen LogP contribution in [0, 0.1) is 0 Å². The van der Waals surface area contributed by atoms with Crippen molar-refractivity contribution in [1.29, 1.82) is 0 Å². The van der Waals surface area contributed by atoms with Crippen molar-refractivity contribution in [3.05, 3.63) is 29.6 Å². The van der Waals surface area contributed by atoms with E-state index in [1.807, 2.05) is 6.07 Å². The molecule has 19 heavy (non-hydrogen) atoms. The molecule has 6 heteroatoms. The maximum Gasteiger partial charge on any atom is 0.264 e. The molecular formula is C13H20N2O3S. The maximum atomic E-state index is 10.7. The van der Waals surface area contributed by atoms with Crippen LogP contribution in [0.3, 0.4) is 0 Å². The highest BCUT2D eigenvalue weighted by molar-refractivity contribution is 7.85. The summed E-state index contributed by atoms with van der Waals surface area (Å²) in [5.74, 6) is -0.205. The molecule has 2 heterocycles. The van der Waals surface area contributed by atoms with Crippen molar-refractivity contribution in [3.63, 3.8) is 0 Å². The highest BCUT2D eigenvalue weighted by Gasteiger charge is 2.24. The van der Waals surface area contributed by atoms with E-state index in [0.717, 1.165) is 18.7 Å². The number of likely N-dealkylation sites (tertiary alicyclic amines) is 1. The van der Waals surface area contributed by atoms with Crippen LogP contribution in [-0.2, 0) is 16.5 Å². The topological polar surface area (TPSA) is 70.5 Å². The van der Waals surface area contributed by atoms with E-state index in [1.54, 1.807) is 6.20 Å². The molecule has 1 fully saturated rings. The van der Waals surface area contributed by atoms with E-state index < -0.39 is 10.1 Å². The third-order valence-electron chi connectivity index (χ3n) is 3.62. The van der Waals surface area contributed by atoms with Crippen molar-refractivity contribution < 1.29 is 13.0 Å². The quantitative estimate of drug-likeness (QED) is 0.833. The number of pyridine rings is 1. The van der Waals surface area contributed by atoms with Gasteiger partial charge in [-0.3, -0.25) is 14.4 Å². The Kier molecular flexibility index (Phi) is 4.54. The fourth-order valence-corrected chi connectivity index (χ4v) is 3.20. The first-order valence-electron chi connectivity index (χ1n) is 6.56. The summed E-state index contributed by atoms with van der Waals surface area (Å²) in [5.41, 5.74) is 2.14. The second-order valence-corrected chi connectivity index (χ2v) is 6.64. The van der Waals surface area contributed by atoms with Crippen LogP contribution in [0.2, 0.25) is 0 Å². The Morgan fingerprint density at radius 1 is 1.53 bits per heavy atom. The second kappa shape index (κ2) is 5.98. The lowest BCUT2D eigenvalue weighted by atomic mass is 10.0. The van der Waals surface area contributed by atoms with Gasteiger partial charge < -0.3 is 0 Å². The van der Waals surface area contributed by atoms with Gasteiger partial charge in [-0.1, -0.05) is 6.07 Å². The zero-order valence-electron chi connectivity index (χ0n) is 11.1. The number of rotatable bonds is 5. The molecule has 2 rings (SSSR count). The fourth-order valence-electron chi connectivity index (χ4n) is 2.69. The standard InChI is InChI=1S/C13H20N2O3S/c1-15-9-3-7-13(15)11-5-2-8-14-12(11)6-4-10-19(16,17)18/h2,5,8,13H,3-4,6-7,9-10H2,1H3,(H,16,17,18)/t13-/m0/s1. The molecule has 1 aliphatic heterocycles. The number of hydrogen-bond donors (Lipinski definition) is 1. The molecule has 0 spiro atoms. The van der Waals surface area contributed by atoms with Gasteiger partial charge in [0.2, 0.25) is 0 Å². The Morgan fingerprint density at radius 3 is 2.95 bits per heavy atom. The largest absolute Gasteiger partial charge is 0.299 e. The lowest BCUT2D eigenvalue weighted by molar-refractivity contribution is 0.315. The van der Waals surface area contributed by atoms with E-state index in [4.69, 9.17) is 4.55 Å². The van der Waals surface area contributed by atoms with Gasteiger partial charge in [0.25, 0.3) is 10.1 Å². The highest BCUT2D eigenvalue weighted by Crippen LogP contribution is 2.31. The number of hydrogen-bond acceptors (Lipinski definition) is 4. The van der Waals surface area contributed by atoms with Crippen molar-refractivity contribution in [2.45, 2.75) is 31.7 Å².